The van der Waals surface area contributed by atoms with E-state index in [1.165, 1.54) is 12.8 Å². The molecule has 0 bridgehead atoms. The van der Waals surface area contributed by atoms with Crippen molar-refractivity contribution < 1.29 is 0 Å². The summed E-state index contributed by atoms with van der Waals surface area (Å²) >= 11 is 12.4. The number of piperazine rings is 1. The highest BCUT2D eigenvalue weighted by Gasteiger charge is 2.33. The van der Waals surface area contributed by atoms with E-state index in [1.54, 1.807) is 0 Å². The van der Waals surface area contributed by atoms with E-state index in [0.29, 0.717) is 6.04 Å². The van der Waals surface area contributed by atoms with Crippen LogP contribution in [0.3, 0.4) is 0 Å². The summed E-state index contributed by atoms with van der Waals surface area (Å²) in [6, 6.07) is 6.29. The minimum atomic E-state index is 0.135. The topological polar surface area (TPSA) is 15.3 Å². The average molecular weight is 315 g/mol. The number of nitrogens with one attached hydrogen (secondary N) is 1. The van der Waals surface area contributed by atoms with E-state index in [1.807, 2.05) is 18.2 Å². The van der Waals surface area contributed by atoms with E-state index in [-0.39, 0.29) is 5.54 Å². The third-order valence-corrected chi connectivity index (χ3v) is 4.73. The summed E-state index contributed by atoms with van der Waals surface area (Å²) in [4.78, 5) is 2.52. The molecular weight excluding hydrogens is 291 g/mol. The first-order valence-electron chi connectivity index (χ1n) is 7.34. The zero-order valence-electron chi connectivity index (χ0n) is 12.5. The molecule has 1 atom stereocenters. The highest BCUT2D eigenvalue weighted by Crippen LogP contribution is 2.27. The molecule has 1 aromatic carbocycles. The Hall–Kier alpha value is -0.280. The molecule has 1 fully saturated rings. The SMILES string of the molecule is CCCC1CN(Cc2cc(Cl)ccc2Cl)C(C)(C)CN1. The van der Waals surface area contributed by atoms with Gasteiger partial charge in [-0.2, -0.15) is 0 Å². The first-order chi connectivity index (χ1) is 9.42. The van der Waals surface area contributed by atoms with Gasteiger partial charge < -0.3 is 5.32 Å². The molecule has 0 spiro atoms. The molecule has 0 amide bonds. The Morgan fingerprint density at radius 3 is 2.80 bits per heavy atom. The van der Waals surface area contributed by atoms with Crippen LogP contribution in [0.2, 0.25) is 10.0 Å². The summed E-state index contributed by atoms with van der Waals surface area (Å²) in [6.45, 7) is 9.72. The highest BCUT2D eigenvalue weighted by molar-refractivity contribution is 6.33. The number of halogens is 2. The van der Waals surface area contributed by atoms with Gasteiger partial charge in [-0.1, -0.05) is 36.5 Å². The zero-order chi connectivity index (χ0) is 14.8. The first kappa shape index (κ1) is 16.1. The van der Waals surface area contributed by atoms with Crippen molar-refractivity contribution >= 4 is 23.2 Å². The van der Waals surface area contributed by atoms with E-state index in [9.17, 15) is 0 Å². The van der Waals surface area contributed by atoms with Gasteiger partial charge in [-0.15, -0.1) is 0 Å². The maximum Gasteiger partial charge on any atom is 0.0452 e. The Morgan fingerprint density at radius 2 is 2.10 bits per heavy atom. The van der Waals surface area contributed by atoms with Gasteiger partial charge in [0.05, 0.1) is 0 Å². The fourth-order valence-corrected chi connectivity index (χ4v) is 3.15. The Labute approximate surface area is 132 Å². The number of benzene rings is 1. The van der Waals surface area contributed by atoms with Crippen molar-refractivity contribution in [1.29, 1.82) is 0 Å². The minimum Gasteiger partial charge on any atom is -0.311 e. The monoisotopic (exact) mass is 314 g/mol. The van der Waals surface area contributed by atoms with Gasteiger partial charge in [0.1, 0.15) is 0 Å². The molecule has 1 aromatic rings. The first-order valence-corrected chi connectivity index (χ1v) is 8.10. The van der Waals surface area contributed by atoms with E-state index >= 15 is 0 Å². The van der Waals surface area contributed by atoms with Crippen molar-refractivity contribution in [3.63, 3.8) is 0 Å². The Bertz CT molecular complexity index is 460. The van der Waals surface area contributed by atoms with Crippen LogP contribution < -0.4 is 5.32 Å². The quantitative estimate of drug-likeness (QED) is 0.889. The largest absolute Gasteiger partial charge is 0.311 e. The van der Waals surface area contributed by atoms with E-state index in [4.69, 9.17) is 23.2 Å². The van der Waals surface area contributed by atoms with Crippen molar-refractivity contribution in [3.05, 3.63) is 33.8 Å². The Morgan fingerprint density at radius 1 is 1.35 bits per heavy atom. The second kappa shape index (κ2) is 6.65. The van der Waals surface area contributed by atoms with Crippen molar-refractivity contribution in [2.24, 2.45) is 0 Å². The van der Waals surface area contributed by atoms with Crippen LogP contribution >= 0.6 is 23.2 Å². The second-order valence-electron chi connectivity index (χ2n) is 6.30. The fraction of sp³-hybridized carbons (Fsp3) is 0.625. The van der Waals surface area contributed by atoms with Crippen LogP contribution in [0.15, 0.2) is 18.2 Å². The van der Waals surface area contributed by atoms with Crippen LogP contribution in [0.5, 0.6) is 0 Å². The highest BCUT2D eigenvalue weighted by atomic mass is 35.5. The molecule has 1 unspecified atom stereocenters. The molecule has 1 aliphatic rings. The van der Waals surface area contributed by atoms with Crippen LogP contribution in [0.1, 0.15) is 39.2 Å². The van der Waals surface area contributed by atoms with Crippen molar-refractivity contribution in [3.8, 4) is 0 Å². The lowest BCUT2D eigenvalue weighted by atomic mass is 9.95. The molecule has 20 heavy (non-hydrogen) atoms. The predicted octanol–water partition coefficient (Wildman–Crippen LogP) is 4.35. The average Bonchev–Trinajstić information content (AvgIpc) is 2.38. The molecule has 2 nitrogen and oxygen atoms in total. The summed E-state index contributed by atoms with van der Waals surface area (Å²) in [6.07, 6.45) is 2.43. The zero-order valence-corrected chi connectivity index (χ0v) is 14.1. The Balaban J connectivity index is 2.13. The fourth-order valence-electron chi connectivity index (χ4n) is 2.77. The summed E-state index contributed by atoms with van der Waals surface area (Å²) in [5.41, 5.74) is 1.25. The summed E-state index contributed by atoms with van der Waals surface area (Å²) in [5.74, 6) is 0. The van der Waals surface area contributed by atoms with Gasteiger partial charge in [0.2, 0.25) is 0 Å². The third-order valence-electron chi connectivity index (χ3n) is 4.13. The van der Waals surface area contributed by atoms with Gasteiger partial charge in [0.25, 0.3) is 0 Å². The normalized spacial score (nSPS) is 22.9. The van der Waals surface area contributed by atoms with Crippen LogP contribution in [0, 0.1) is 0 Å². The minimum absolute atomic E-state index is 0.135. The molecular formula is C16H24Cl2N2. The van der Waals surface area contributed by atoms with Crippen molar-refractivity contribution in [2.45, 2.75) is 51.7 Å². The van der Waals surface area contributed by atoms with Crippen LogP contribution in [-0.4, -0.2) is 29.6 Å². The number of hydrogen-bond donors (Lipinski definition) is 1. The van der Waals surface area contributed by atoms with Gasteiger partial charge in [0.15, 0.2) is 0 Å². The lowest BCUT2D eigenvalue weighted by Crippen LogP contribution is -2.61. The number of hydrogen-bond acceptors (Lipinski definition) is 2. The molecule has 0 saturated carbocycles. The van der Waals surface area contributed by atoms with E-state index in [0.717, 1.165) is 35.2 Å². The summed E-state index contributed by atoms with van der Waals surface area (Å²) in [7, 11) is 0. The molecule has 0 radical (unpaired) electrons. The van der Waals surface area contributed by atoms with Gasteiger partial charge in [0, 0.05) is 41.3 Å². The van der Waals surface area contributed by atoms with Crippen molar-refractivity contribution in [2.75, 3.05) is 13.1 Å². The van der Waals surface area contributed by atoms with Gasteiger partial charge in [-0.25, -0.2) is 0 Å². The molecule has 0 aromatic heterocycles. The van der Waals surface area contributed by atoms with Crippen LogP contribution in [0.25, 0.3) is 0 Å². The summed E-state index contributed by atoms with van der Waals surface area (Å²) in [5, 5.41) is 5.21. The smallest absolute Gasteiger partial charge is 0.0452 e. The van der Waals surface area contributed by atoms with E-state index in [2.05, 4.69) is 31.0 Å². The Kier molecular flexibility index (Phi) is 5.36. The second-order valence-corrected chi connectivity index (χ2v) is 7.14. The third kappa shape index (κ3) is 3.88. The molecule has 2 rings (SSSR count). The molecule has 112 valence electrons. The van der Waals surface area contributed by atoms with Crippen LogP contribution in [-0.2, 0) is 6.54 Å². The molecule has 1 aliphatic heterocycles. The predicted molar refractivity (Wildman–Crippen MR) is 87.6 cm³/mol. The number of nitrogens with zero attached hydrogens (tertiary/aromatic N) is 1. The molecule has 1 N–H and O–H groups in total. The number of rotatable bonds is 4. The maximum atomic E-state index is 6.31. The van der Waals surface area contributed by atoms with Crippen molar-refractivity contribution in [1.82, 2.24) is 10.2 Å². The van der Waals surface area contributed by atoms with Crippen LogP contribution in [0.4, 0.5) is 0 Å². The summed E-state index contributed by atoms with van der Waals surface area (Å²) < 4.78 is 0. The van der Waals surface area contributed by atoms with E-state index < -0.39 is 0 Å². The maximum absolute atomic E-state index is 6.31. The molecule has 4 heteroatoms. The van der Waals surface area contributed by atoms with Gasteiger partial charge in [-0.05, 0) is 44.0 Å². The molecule has 1 heterocycles. The standard InChI is InChI=1S/C16H24Cl2N2/c1-4-5-14-10-20(16(2,3)11-19-14)9-12-8-13(17)6-7-15(12)18/h6-8,14,19H,4-5,9-11H2,1-3H3. The molecule has 1 saturated heterocycles. The lowest BCUT2D eigenvalue weighted by molar-refractivity contribution is 0.0564. The lowest BCUT2D eigenvalue weighted by Gasteiger charge is -2.46. The van der Waals surface area contributed by atoms with Gasteiger partial charge >= 0.3 is 0 Å². The molecule has 0 aliphatic carbocycles. The van der Waals surface area contributed by atoms with Gasteiger partial charge in [-0.3, -0.25) is 4.90 Å².